The molecule has 2 atom stereocenters. The van der Waals surface area contributed by atoms with Crippen LogP contribution in [-0.2, 0) is 0 Å². The predicted octanol–water partition coefficient (Wildman–Crippen LogP) is 4.22. The Morgan fingerprint density at radius 3 is 2.66 bits per heavy atom. The van der Waals surface area contributed by atoms with E-state index in [4.69, 9.17) is 0 Å². The molecule has 1 fully saturated rings. The van der Waals surface area contributed by atoms with Crippen molar-refractivity contribution < 1.29 is 4.39 Å². The normalized spacial score (nSPS) is 18.0. The molecule has 1 unspecified atom stereocenters. The Bertz CT molecular complexity index is 1120. The third-order valence-electron chi connectivity index (χ3n) is 5.70. The van der Waals surface area contributed by atoms with Crippen molar-refractivity contribution in [3.63, 3.8) is 0 Å². The molecule has 146 valence electrons. The molecule has 0 saturated carbocycles. The Morgan fingerprint density at radius 2 is 1.83 bits per heavy atom. The van der Waals surface area contributed by atoms with Gasteiger partial charge in [0.25, 0.3) is 0 Å². The topological polar surface area (TPSA) is 55.6 Å². The number of nitrogens with one attached hydrogen (secondary N) is 1. The van der Waals surface area contributed by atoms with Crippen LogP contribution >= 0.6 is 0 Å². The number of hydrogen-bond donors (Lipinski definition) is 1. The van der Waals surface area contributed by atoms with Gasteiger partial charge in [-0.05, 0) is 35.9 Å². The van der Waals surface area contributed by atoms with Crippen molar-refractivity contribution in [1.29, 1.82) is 0 Å². The van der Waals surface area contributed by atoms with E-state index in [9.17, 15) is 0 Å². The quantitative estimate of drug-likeness (QED) is 0.570. The number of nitrogens with zero attached hydrogens (tertiary/aromatic N) is 4. The molecule has 1 aliphatic heterocycles. The number of tetrazole rings is 1. The van der Waals surface area contributed by atoms with Crippen molar-refractivity contribution in [3.8, 4) is 11.4 Å². The largest absolute Gasteiger partial charge is 0.316 e. The van der Waals surface area contributed by atoms with E-state index in [0.29, 0.717) is 16.8 Å². The maximum atomic E-state index is 15.6. The highest BCUT2D eigenvalue weighted by molar-refractivity contribution is 5.83. The Hall–Kier alpha value is -3.12. The lowest BCUT2D eigenvalue weighted by molar-refractivity contribution is 0.257. The molecule has 1 saturated heterocycles. The minimum Gasteiger partial charge on any atom is -0.316 e. The predicted molar refractivity (Wildman–Crippen MR) is 111 cm³/mol. The van der Waals surface area contributed by atoms with E-state index < -0.39 is 0 Å². The zero-order chi connectivity index (χ0) is 19.6. The van der Waals surface area contributed by atoms with E-state index in [2.05, 4.69) is 20.7 Å². The van der Waals surface area contributed by atoms with Gasteiger partial charge in [0.15, 0.2) is 0 Å². The van der Waals surface area contributed by atoms with Gasteiger partial charge in [-0.25, -0.2) is 4.39 Å². The van der Waals surface area contributed by atoms with Crippen molar-refractivity contribution in [1.82, 2.24) is 25.5 Å². The molecule has 1 N–H and O–H groups in total. The molecular weight excluding hydrogens is 365 g/mol. The summed E-state index contributed by atoms with van der Waals surface area (Å²) in [5.74, 6) is 0.551. The van der Waals surface area contributed by atoms with E-state index in [-0.39, 0.29) is 17.8 Å². The molecule has 2 heterocycles. The van der Waals surface area contributed by atoms with Gasteiger partial charge in [-0.1, -0.05) is 66.7 Å². The third kappa shape index (κ3) is 3.40. The lowest BCUT2D eigenvalue weighted by atomic mass is 9.86. The molecule has 0 aliphatic carbocycles. The molecule has 5 rings (SSSR count). The first-order valence-corrected chi connectivity index (χ1v) is 10.0. The molecule has 4 aromatic rings. The molecule has 0 spiro atoms. The molecule has 6 heteroatoms. The average Bonchev–Trinajstić information content (AvgIpc) is 3.27. The lowest BCUT2D eigenvalue weighted by Gasteiger charge is -2.30. The Morgan fingerprint density at radius 1 is 1.00 bits per heavy atom. The monoisotopic (exact) mass is 387 g/mol. The van der Waals surface area contributed by atoms with Gasteiger partial charge in [-0.3, -0.25) is 0 Å². The van der Waals surface area contributed by atoms with Crippen LogP contribution in [0.1, 0.15) is 24.4 Å². The van der Waals surface area contributed by atoms with Crippen LogP contribution in [0.2, 0.25) is 0 Å². The third-order valence-corrected chi connectivity index (χ3v) is 5.70. The molecule has 0 bridgehead atoms. The van der Waals surface area contributed by atoms with E-state index in [1.165, 1.54) is 0 Å². The second-order valence-electron chi connectivity index (χ2n) is 7.54. The summed E-state index contributed by atoms with van der Waals surface area (Å²) in [4.78, 5) is 1.60. The summed E-state index contributed by atoms with van der Waals surface area (Å²) in [5, 5.41) is 18.2. The van der Waals surface area contributed by atoms with Crippen LogP contribution < -0.4 is 5.32 Å². The molecule has 0 amide bonds. The minimum atomic E-state index is -0.308. The highest BCUT2D eigenvalue weighted by Crippen LogP contribution is 2.34. The Balaban J connectivity index is 1.61. The fraction of sp³-hybridized carbons (Fsp3) is 0.261. The van der Waals surface area contributed by atoms with E-state index in [1.54, 1.807) is 4.80 Å². The van der Waals surface area contributed by atoms with Crippen LogP contribution in [0.3, 0.4) is 0 Å². The summed E-state index contributed by atoms with van der Waals surface area (Å²) in [6.07, 6.45) is 2.04. The fourth-order valence-corrected chi connectivity index (χ4v) is 4.24. The lowest BCUT2D eigenvalue weighted by Crippen LogP contribution is -2.36. The maximum Gasteiger partial charge on any atom is 0.204 e. The highest BCUT2D eigenvalue weighted by Gasteiger charge is 2.31. The molecule has 1 aromatic heterocycles. The summed E-state index contributed by atoms with van der Waals surface area (Å²) >= 11 is 0. The first-order valence-electron chi connectivity index (χ1n) is 10.0. The van der Waals surface area contributed by atoms with Gasteiger partial charge >= 0.3 is 0 Å². The zero-order valence-corrected chi connectivity index (χ0v) is 16.0. The second-order valence-corrected chi connectivity index (χ2v) is 7.54. The molecule has 3 aromatic carbocycles. The van der Waals surface area contributed by atoms with Crippen LogP contribution in [0, 0.1) is 11.7 Å². The van der Waals surface area contributed by atoms with Gasteiger partial charge in [0.2, 0.25) is 5.82 Å². The van der Waals surface area contributed by atoms with Crippen LogP contribution in [-0.4, -0.2) is 33.3 Å². The van der Waals surface area contributed by atoms with Crippen molar-refractivity contribution in [2.75, 3.05) is 13.1 Å². The summed E-state index contributed by atoms with van der Waals surface area (Å²) in [5.41, 5.74) is 1.52. The van der Waals surface area contributed by atoms with E-state index in [1.807, 2.05) is 66.7 Å². The van der Waals surface area contributed by atoms with Crippen molar-refractivity contribution in [2.45, 2.75) is 18.9 Å². The first kappa shape index (κ1) is 17.9. The summed E-state index contributed by atoms with van der Waals surface area (Å²) in [6.45, 7) is 1.79. The van der Waals surface area contributed by atoms with Gasteiger partial charge in [-0.15, -0.1) is 10.2 Å². The van der Waals surface area contributed by atoms with Crippen LogP contribution in [0.25, 0.3) is 22.2 Å². The van der Waals surface area contributed by atoms with Crippen LogP contribution in [0.5, 0.6) is 0 Å². The number of fused-ring (bicyclic) bond motifs is 1. The van der Waals surface area contributed by atoms with E-state index in [0.717, 1.165) is 36.9 Å². The molecule has 1 aliphatic rings. The first-order chi connectivity index (χ1) is 14.3. The second kappa shape index (κ2) is 7.72. The van der Waals surface area contributed by atoms with Gasteiger partial charge in [0, 0.05) is 23.1 Å². The summed E-state index contributed by atoms with van der Waals surface area (Å²) in [6, 6.07) is 20.9. The van der Waals surface area contributed by atoms with Gasteiger partial charge in [0.05, 0.1) is 0 Å². The average molecular weight is 387 g/mol. The van der Waals surface area contributed by atoms with Crippen molar-refractivity contribution in [2.24, 2.45) is 5.92 Å². The van der Waals surface area contributed by atoms with Crippen molar-refractivity contribution >= 4 is 10.8 Å². The van der Waals surface area contributed by atoms with Crippen LogP contribution in [0.4, 0.5) is 4.39 Å². The zero-order valence-electron chi connectivity index (χ0n) is 16.0. The SMILES string of the molecule is Fc1c([C@@H](C2CCCNC2)n2nnc(-c3ccccc3)n2)ccc2ccccc12. The number of hydrogen-bond acceptors (Lipinski definition) is 4. The number of aromatic nitrogens is 4. The summed E-state index contributed by atoms with van der Waals surface area (Å²) < 4.78 is 15.6. The maximum absolute atomic E-state index is 15.6. The van der Waals surface area contributed by atoms with Gasteiger partial charge < -0.3 is 5.32 Å². The Kier molecular flexibility index (Phi) is 4.77. The van der Waals surface area contributed by atoms with Gasteiger partial charge in [-0.2, -0.15) is 4.80 Å². The number of rotatable bonds is 4. The van der Waals surface area contributed by atoms with Gasteiger partial charge in [0.1, 0.15) is 11.9 Å². The van der Waals surface area contributed by atoms with Crippen LogP contribution in [0.15, 0.2) is 66.7 Å². The van der Waals surface area contributed by atoms with E-state index >= 15 is 4.39 Å². The highest BCUT2D eigenvalue weighted by atomic mass is 19.1. The standard InChI is InChI=1S/C23H22FN5/c24-21-19-11-5-4-7-16(19)12-13-20(21)22(18-10-6-14-25-15-18)29-27-23(26-28-29)17-8-2-1-3-9-17/h1-5,7-9,11-13,18,22,25H,6,10,14-15H2/t18?,22-/m1/s1. The smallest absolute Gasteiger partial charge is 0.204 e. The minimum absolute atomic E-state index is 0.192. The number of halogens is 1. The molecule has 0 radical (unpaired) electrons. The fourth-order valence-electron chi connectivity index (χ4n) is 4.24. The summed E-state index contributed by atoms with van der Waals surface area (Å²) in [7, 11) is 0. The number of piperidine rings is 1. The van der Waals surface area contributed by atoms with Crippen molar-refractivity contribution in [3.05, 3.63) is 78.1 Å². The molecular formula is C23H22FN5. The number of benzene rings is 3. The molecule has 29 heavy (non-hydrogen) atoms. The molecule has 5 nitrogen and oxygen atoms in total. The Labute approximate surface area is 168 Å².